The Labute approximate surface area is 187 Å². The Bertz CT molecular complexity index is 1080. The highest BCUT2D eigenvalue weighted by atomic mass is 16.5. The van der Waals surface area contributed by atoms with E-state index in [-0.39, 0.29) is 13.0 Å². The van der Waals surface area contributed by atoms with Crippen LogP contribution in [0.15, 0.2) is 79.4 Å². The summed E-state index contributed by atoms with van der Waals surface area (Å²) >= 11 is 0. The molecule has 0 aliphatic heterocycles. The molecule has 0 heterocycles. The molecule has 164 valence electrons. The van der Waals surface area contributed by atoms with Gasteiger partial charge >= 0.3 is 12.1 Å². The number of amides is 1. The van der Waals surface area contributed by atoms with E-state index in [1.54, 1.807) is 13.2 Å². The molecule has 0 aliphatic rings. The highest BCUT2D eigenvalue weighted by molar-refractivity contribution is 5.81. The van der Waals surface area contributed by atoms with Crippen molar-refractivity contribution in [3.63, 3.8) is 0 Å². The van der Waals surface area contributed by atoms with Crippen molar-refractivity contribution in [3.8, 4) is 16.9 Å². The van der Waals surface area contributed by atoms with Crippen LogP contribution < -0.4 is 10.1 Å². The molecule has 6 heteroatoms. The largest absolute Gasteiger partial charge is 0.496 e. The van der Waals surface area contributed by atoms with Gasteiger partial charge in [0.1, 0.15) is 18.4 Å². The third-order valence-electron chi connectivity index (χ3n) is 4.98. The Morgan fingerprint density at radius 3 is 2.34 bits per heavy atom. The zero-order chi connectivity index (χ0) is 22.9. The summed E-state index contributed by atoms with van der Waals surface area (Å²) in [5.74, 6) is -0.411. The molecule has 0 saturated heterocycles. The number of hydrogen-bond donors (Lipinski definition) is 2. The van der Waals surface area contributed by atoms with Crippen molar-refractivity contribution in [1.82, 2.24) is 5.32 Å². The number of alkyl carbamates (subject to hydrolysis) is 1. The monoisotopic (exact) mass is 431 g/mol. The van der Waals surface area contributed by atoms with Crippen LogP contribution in [0.2, 0.25) is 0 Å². The minimum atomic E-state index is -1.13. The lowest BCUT2D eigenvalue weighted by atomic mass is 9.96. The average Bonchev–Trinajstić information content (AvgIpc) is 2.82. The van der Waals surface area contributed by atoms with Gasteiger partial charge in [-0.25, -0.2) is 9.59 Å². The maximum absolute atomic E-state index is 12.1. The van der Waals surface area contributed by atoms with Gasteiger partial charge in [-0.3, -0.25) is 0 Å². The van der Waals surface area contributed by atoms with E-state index in [9.17, 15) is 14.7 Å². The van der Waals surface area contributed by atoms with Crippen LogP contribution in [0.1, 0.15) is 16.7 Å². The lowest BCUT2D eigenvalue weighted by Gasteiger charge is -2.16. The second-order valence-electron chi connectivity index (χ2n) is 7.13. The average molecular weight is 431 g/mol. The fraction of sp³-hybridized carbons (Fsp3) is 0.154. The van der Waals surface area contributed by atoms with E-state index in [0.717, 1.165) is 33.6 Å². The Kier molecular flexibility index (Phi) is 7.65. The van der Waals surface area contributed by atoms with Crippen molar-refractivity contribution in [1.29, 1.82) is 0 Å². The highest BCUT2D eigenvalue weighted by Gasteiger charge is 2.21. The number of nitrogens with one attached hydrogen (secondary N) is 1. The smallest absolute Gasteiger partial charge is 0.408 e. The number of hydrogen-bond acceptors (Lipinski definition) is 4. The second kappa shape index (κ2) is 10.8. The van der Waals surface area contributed by atoms with Crippen molar-refractivity contribution < 1.29 is 24.2 Å². The van der Waals surface area contributed by atoms with Crippen molar-refractivity contribution in [2.24, 2.45) is 0 Å². The Morgan fingerprint density at radius 1 is 1.00 bits per heavy atom. The van der Waals surface area contributed by atoms with Gasteiger partial charge in [-0.2, -0.15) is 0 Å². The SMILES string of the molecule is C=Cc1cccc(OC)c1-c1ccc(C[C@H](NC(=O)OCc2ccccc2)C(=O)O)cc1. The molecule has 3 aromatic rings. The van der Waals surface area contributed by atoms with E-state index < -0.39 is 18.1 Å². The molecule has 0 aromatic heterocycles. The van der Waals surface area contributed by atoms with E-state index in [4.69, 9.17) is 9.47 Å². The fourth-order valence-electron chi connectivity index (χ4n) is 3.35. The van der Waals surface area contributed by atoms with Crippen LogP contribution >= 0.6 is 0 Å². The second-order valence-corrected chi connectivity index (χ2v) is 7.13. The number of methoxy groups -OCH3 is 1. The molecule has 3 aromatic carbocycles. The Morgan fingerprint density at radius 2 is 1.72 bits per heavy atom. The maximum Gasteiger partial charge on any atom is 0.408 e. The van der Waals surface area contributed by atoms with Crippen molar-refractivity contribution in [2.75, 3.05) is 7.11 Å². The zero-order valence-electron chi connectivity index (χ0n) is 17.8. The molecule has 0 unspecified atom stereocenters. The standard InChI is InChI=1S/C26H25NO5/c1-3-20-10-7-11-23(31-2)24(20)21-14-12-18(13-15-21)16-22(25(28)29)27-26(30)32-17-19-8-5-4-6-9-19/h3-15,22H,1,16-17H2,2H3,(H,27,30)(H,28,29)/t22-/m0/s1. The van der Waals surface area contributed by atoms with E-state index in [1.807, 2.05) is 72.8 Å². The lowest BCUT2D eigenvalue weighted by molar-refractivity contribution is -0.139. The first-order chi connectivity index (χ1) is 15.5. The molecule has 32 heavy (non-hydrogen) atoms. The Hall–Kier alpha value is -4.06. The number of carboxylic acids is 1. The molecule has 0 spiro atoms. The highest BCUT2D eigenvalue weighted by Crippen LogP contribution is 2.34. The van der Waals surface area contributed by atoms with Gasteiger partial charge in [-0.05, 0) is 28.3 Å². The first-order valence-electron chi connectivity index (χ1n) is 10.1. The first kappa shape index (κ1) is 22.6. The number of carboxylic acid groups (broad SMARTS) is 1. The Balaban J connectivity index is 1.68. The van der Waals surface area contributed by atoms with E-state index in [0.29, 0.717) is 0 Å². The molecular weight excluding hydrogens is 406 g/mol. The summed E-state index contributed by atoms with van der Waals surface area (Å²) in [6.45, 7) is 3.93. The normalized spacial score (nSPS) is 11.3. The number of rotatable bonds is 9. The molecule has 1 atom stereocenters. The molecular formula is C26H25NO5. The van der Waals surface area contributed by atoms with Crippen LogP contribution in [-0.2, 0) is 22.6 Å². The summed E-state index contributed by atoms with van der Waals surface area (Å²) < 4.78 is 10.6. The van der Waals surface area contributed by atoms with Gasteiger partial charge in [-0.15, -0.1) is 0 Å². The molecule has 0 fully saturated rings. The van der Waals surface area contributed by atoms with Crippen molar-refractivity contribution in [2.45, 2.75) is 19.1 Å². The molecule has 2 N–H and O–H groups in total. The third-order valence-corrected chi connectivity index (χ3v) is 4.98. The lowest BCUT2D eigenvalue weighted by Crippen LogP contribution is -2.42. The van der Waals surface area contributed by atoms with Gasteiger partial charge in [0.05, 0.1) is 7.11 Å². The van der Waals surface area contributed by atoms with E-state index >= 15 is 0 Å². The molecule has 3 rings (SSSR count). The van der Waals surface area contributed by atoms with Crippen LogP contribution in [0.4, 0.5) is 4.79 Å². The topological polar surface area (TPSA) is 84.9 Å². The third kappa shape index (κ3) is 5.76. The minimum Gasteiger partial charge on any atom is -0.496 e. The minimum absolute atomic E-state index is 0.0677. The quantitative estimate of drug-likeness (QED) is 0.502. The number of benzene rings is 3. The molecule has 0 bridgehead atoms. The number of carbonyl (C=O) groups is 2. The molecule has 0 saturated carbocycles. The number of ether oxygens (including phenoxy) is 2. The molecule has 0 radical (unpaired) electrons. The maximum atomic E-state index is 12.1. The van der Waals surface area contributed by atoms with Gasteiger partial charge < -0.3 is 19.9 Å². The van der Waals surface area contributed by atoms with Crippen LogP contribution in [-0.4, -0.2) is 30.3 Å². The predicted molar refractivity (Wildman–Crippen MR) is 123 cm³/mol. The van der Waals surface area contributed by atoms with Crippen LogP contribution in [0.3, 0.4) is 0 Å². The summed E-state index contributed by atoms with van der Waals surface area (Å²) in [5.41, 5.74) is 4.35. The van der Waals surface area contributed by atoms with Crippen molar-refractivity contribution >= 4 is 18.1 Å². The summed E-state index contributed by atoms with van der Waals surface area (Å²) in [4.78, 5) is 23.8. The summed E-state index contributed by atoms with van der Waals surface area (Å²) in [6.07, 6.45) is 1.11. The number of aliphatic carboxylic acids is 1. The van der Waals surface area contributed by atoms with Crippen LogP contribution in [0.5, 0.6) is 5.75 Å². The number of carbonyl (C=O) groups excluding carboxylic acids is 1. The van der Waals surface area contributed by atoms with Crippen molar-refractivity contribution in [3.05, 3.63) is 96.1 Å². The van der Waals surface area contributed by atoms with E-state index in [2.05, 4.69) is 11.9 Å². The fourth-order valence-corrected chi connectivity index (χ4v) is 3.35. The van der Waals surface area contributed by atoms with Gasteiger partial charge in [0, 0.05) is 12.0 Å². The molecule has 1 amide bonds. The van der Waals surface area contributed by atoms with Gasteiger partial charge in [0.2, 0.25) is 0 Å². The van der Waals surface area contributed by atoms with Gasteiger partial charge in [-0.1, -0.05) is 79.4 Å². The van der Waals surface area contributed by atoms with E-state index in [1.165, 1.54) is 0 Å². The first-order valence-corrected chi connectivity index (χ1v) is 10.1. The summed E-state index contributed by atoms with van der Waals surface area (Å²) in [6, 6.07) is 21.3. The van der Waals surface area contributed by atoms with Gasteiger partial charge in [0.25, 0.3) is 0 Å². The van der Waals surface area contributed by atoms with Gasteiger partial charge in [0.15, 0.2) is 0 Å². The summed E-state index contributed by atoms with van der Waals surface area (Å²) in [5, 5.41) is 12.0. The predicted octanol–water partition coefficient (Wildman–Crippen LogP) is 4.93. The summed E-state index contributed by atoms with van der Waals surface area (Å²) in [7, 11) is 1.61. The zero-order valence-corrected chi connectivity index (χ0v) is 17.8. The van der Waals surface area contributed by atoms with Crippen LogP contribution in [0, 0.1) is 0 Å². The van der Waals surface area contributed by atoms with Crippen LogP contribution in [0.25, 0.3) is 17.2 Å². The molecule has 6 nitrogen and oxygen atoms in total. The molecule has 0 aliphatic carbocycles.